The van der Waals surface area contributed by atoms with Gasteiger partial charge in [-0.15, -0.1) is 0 Å². The van der Waals surface area contributed by atoms with Crippen LogP contribution in [0.25, 0.3) is 0 Å². The summed E-state index contributed by atoms with van der Waals surface area (Å²) in [6.07, 6.45) is 2.20. The number of amides is 1. The molecule has 170 valence electrons. The van der Waals surface area contributed by atoms with Gasteiger partial charge in [0.15, 0.2) is 16.1 Å². The van der Waals surface area contributed by atoms with E-state index in [1.807, 2.05) is 11.8 Å². The van der Waals surface area contributed by atoms with Crippen molar-refractivity contribution in [3.63, 3.8) is 0 Å². The number of anilines is 1. The summed E-state index contributed by atoms with van der Waals surface area (Å²) in [7, 11) is 0. The molecule has 1 aliphatic heterocycles. The Kier molecular flexibility index (Phi) is 8.22. The number of halogens is 2. The number of esters is 1. The molecule has 0 aliphatic carbocycles. The molecule has 0 spiro atoms. The van der Waals surface area contributed by atoms with E-state index in [1.165, 1.54) is 17.5 Å². The number of nitrogens with one attached hydrogen (secondary N) is 2. The number of hydrogen-bond acceptors (Lipinski definition) is 8. The van der Waals surface area contributed by atoms with E-state index in [0.717, 1.165) is 0 Å². The van der Waals surface area contributed by atoms with Crippen molar-refractivity contribution in [3.8, 4) is 0 Å². The number of ether oxygens (including phenoxy) is 2. The van der Waals surface area contributed by atoms with Crippen molar-refractivity contribution < 1.29 is 23.5 Å². The molecule has 3 rings (SSSR count). The molecule has 9 nitrogen and oxygen atoms in total. The molecule has 1 amide bonds. The zero-order valence-electron chi connectivity index (χ0n) is 17.3. The van der Waals surface area contributed by atoms with Gasteiger partial charge in [0, 0.05) is 13.1 Å². The van der Waals surface area contributed by atoms with E-state index < -0.39 is 24.7 Å². The van der Waals surface area contributed by atoms with Gasteiger partial charge in [0.1, 0.15) is 11.6 Å². The molecule has 0 bridgehead atoms. The number of H-pyrrole nitrogens is 1. The predicted molar refractivity (Wildman–Crippen MR) is 115 cm³/mol. The number of carbonyl (C=O) groups is 2. The maximum absolute atomic E-state index is 12.8. The van der Waals surface area contributed by atoms with Gasteiger partial charge < -0.3 is 24.7 Å². The van der Waals surface area contributed by atoms with Crippen LogP contribution < -0.4 is 10.2 Å². The van der Waals surface area contributed by atoms with Crippen LogP contribution >= 0.6 is 22.9 Å². The van der Waals surface area contributed by atoms with Crippen molar-refractivity contribution in [1.82, 2.24) is 20.3 Å². The predicted octanol–water partition coefficient (Wildman–Crippen LogP) is 2.62. The maximum atomic E-state index is 12.8. The Morgan fingerprint density at radius 2 is 2.26 bits per heavy atom. The van der Waals surface area contributed by atoms with Crippen molar-refractivity contribution in [2.24, 2.45) is 0 Å². The lowest BCUT2D eigenvalue weighted by atomic mass is 10.0. The molecule has 0 radical (unpaired) electrons. The molecule has 2 atom stereocenters. The number of piperidine rings is 1. The van der Waals surface area contributed by atoms with Gasteiger partial charge in [0.05, 0.1) is 37.3 Å². The molecular weight excluding hydrogens is 449 g/mol. The van der Waals surface area contributed by atoms with Gasteiger partial charge >= 0.3 is 5.97 Å². The Morgan fingerprint density at radius 1 is 1.45 bits per heavy atom. The Morgan fingerprint density at radius 3 is 2.94 bits per heavy atom. The highest BCUT2D eigenvalue weighted by Crippen LogP contribution is 2.27. The molecule has 1 aliphatic rings. The van der Waals surface area contributed by atoms with Crippen LogP contribution in [0.2, 0.25) is 5.15 Å². The average molecular weight is 474 g/mol. The normalized spacial score (nSPS) is 18.8. The summed E-state index contributed by atoms with van der Waals surface area (Å²) in [6, 6.07) is -0.339. The smallest absolute Gasteiger partial charge is 0.350 e. The highest BCUT2D eigenvalue weighted by molar-refractivity contribution is 7.17. The van der Waals surface area contributed by atoms with E-state index in [0.29, 0.717) is 41.6 Å². The number of hydrogen-bond donors (Lipinski definition) is 2. The summed E-state index contributed by atoms with van der Waals surface area (Å²) in [5, 5.41) is 3.83. The van der Waals surface area contributed by atoms with Crippen LogP contribution in [0.5, 0.6) is 0 Å². The zero-order chi connectivity index (χ0) is 22.4. The number of carbonyl (C=O) groups excluding carboxylic acids is 2. The zero-order valence-corrected chi connectivity index (χ0v) is 18.9. The summed E-state index contributed by atoms with van der Waals surface area (Å²) >= 11 is 7.25. The van der Waals surface area contributed by atoms with Gasteiger partial charge in [-0.05, 0) is 19.8 Å². The largest absolute Gasteiger partial charge is 0.462 e. The molecule has 2 aromatic heterocycles. The minimum Gasteiger partial charge on any atom is -0.462 e. The molecule has 0 aromatic carbocycles. The molecule has 1 fully saturated rings. The second kappa shape index (κ2) is 10.9. The van der Waals surface area contributed by atoms with Crippen LogP contribution in [0.3, 0.4) is 0 Å². The number of alkyl halides is 1. The molecule has 31 heavy (non-hydrogen) atoms. The molecule has 0 unspecified atom stereocenters. The molecule has 3 heterocycles. The number of rotatable bonds is 9. The minimum atomic E-state index is -0.630. The summed E-state index contributed by atoms with van der Waals surface area (Å²) in [4.78, 5) is 38.2. The summed E-state index contributed by atoms with van der Waals surface area (Å²) in [5.41, 5.74) is 0.688. The highest BCUT2D eigenvalue weighted by atomic mass is 35.5. The van der Waals surface area contributed by atoms with Crippen molar-refractivity contribution in [1.29, 1.82) is 0 Å². The minimum absolute atomic E-state index is 0.0800. The first-order chi connectivity index (χ1) is 15.0. The highest BCUT2D eigenvalue weighted by Gasteiger charge is 2.33. The second-order valence-electron chi connectivity index (χ2n) is 6.85. The fourth-order valence-corrected chi connectivity index (χ4v) is 4.40. The van der Waals surface area contributed by atoms with E-state index in [-0.39, 0.29) is 30.2 Å². The summed E-state index contributed by atoms with van der Waals surface area (Å²) in [6.45, 7) is 4.19. The SMILES string of the molecule is CCOC(=O)c1cnc(N2CC[C@@H](NC(=O)c3nc(Cl)c(CC)[nH]3)[C@@H](OCCF)C2)s1. The maximum Gasteiger partial charge on any atom is 0.350 e. The van der Waals surface area contributed by atoms with Crippen LogP contribution in [-0.4, -0.2) is 72.0 Å². The van der Waals surface area contributed by atoms with Crippen molar-refractivity contribution in [2.45, 2.75) is 38.8 Å². The monoisotopic (exact) mass is 473 g/mol. The van der Waals surface area contributed by atoms with Crippen molar-refractivity contribution in [3.05, 3.63) is 27.7 Å². The van der Waals surface area contributed by atoms with Gasteiger partial charge in [-0.3, -0.25) is 4.79 Å². The quantitative estimate of drug-likeness (QED) is 0.539. The number of nitrogens with zero attached hydrogens (tertiary/aromatic N) is 3. The van der Waals surface area contributed by atoms with Gasteiger partial charge in [0.2, 0.25) is 0 Å². The van der Waals surface area contributed by atoms with E-state index in [2.05, 4.69) is 20.3 Å². The Labute approximate surface area is 188 Å². The first-order valence-corrected chi connectivity index (χ1v) is 11.3. The lowest BCUT2D eigenvalue weighted by Gasteiger charge is -2.38. The van der Waals surface area contributed by atoms with Crippen LogP contribution in [0.15, 0.2) is 6.20 Å². The van der Waals surface area contributed by atoms with Crippen LogP contribution in [0, 0.1) is 0 Å². The topological polar surface area (TPSA) is 109 Å². The standard InChI is InChI=1S/C19H25ClFN5O4S/c1-3-11-15(20)25-16(23-11)17(27)24-12-5-7-26(10-13(12)30-8-6-21)19-22-9-14(31-19)18(28)29-4-2/h9,12-13H,3-8,10H2,1-2H3,(H,23,25)(H,24,27)/t12-,13+/m1/s1. The summed E-state index contributed by atoms with van der Waals surface area (Å²) in [5.74, 6) is -0.678. The lowest BCUT2D eigenvalue weighted by molar-refractivity contribution is 0.0140. The number of thiazole rings is 1. The number of aromatic nitrogens is 3. The molecule has 2 N–H and O–H groups in total. The second-order valence-corrected chi connectivity index (χ2v) is 8.22. The Balaban J connectivity index is 1.67. The van der Waals surface area contributed by atoms with Crippen molar-refractivity contribution in [2.75, 3.05) is 37.9 Å². The van der Waals surface area contributed by atoms with Gasteiger partial charge in [-0.25, -0.2) is 19.2 Å². The number of aryl methyl sites for hydroxylation is 1. The molecule has 1 saturated heterocycles. The Hall–Kier alpha value is -2.24. The van der Waals surface area contributed by atoms with Gasteiger partial charge in [0.25, 0.3) is 5.91 Å². The Bertz CT molecular complexity index is 908. The third-order valence-electron chi connectivity index (χ3n) is 4.82. The van der Waals surface area contributed by atoms with Gasteiger partial charge in [-0.1, -0.05) is 29.9 Å². The van der Waals surface area contributed by atoms with Crippen molar-refractivity contribution >= 4 is 39.9 Å². The molecule has 12 heteroatoms. The summed E-state index contributed by atoms with van der Waals surface area (Å²) < 4.78 is 23.4. The average Bonchev–Trinajstić information content (AvgIpc) is 3.40. The number of imidazole rings is 1. The van der Waals surface area contributed by atoms with E-state index >= 15 is 0 Å². The fraction of sp³-hybridized carbons (Fsp3) is 0.579. The molecule has 2 aromatic rings. The fourth-order valence-electron chi connectivity index (χ4n) is 3.29. The first kappa shape index (κ1) is 23.4. The van der Waals surface area contributed by atoms with Crippen LogP contribution in [0.4, 0.5) is 9.52 Å². The lowest BCUT2D eigenvalue weighted by Crippen LogP contribution is -2.55. The number of aromatic amines is 1. The third-order valence-corrected chi connectivity index (χ3v) is 6.17. The van der Waals surface area contributed by atoms with Crippen LogP contribution in [-0.2, 0) is 15.9 Å². The van der Waals surface area contributed by atoms with Crippen LogP contribution in [0.1, 0.15) is 46.3 Å². The van der Waals surface area contributed by atoms with Gasteiger partial charge in [-0.2, -0.15) is 0 Å². The molecule has 0 saturated carbocycles. The van der Waals surface area contributed by atoms with E-state index in [9.17, 15) is 14.0 Å². The van der Waals surface area contributed by atoms with E-state index in [4.69, 9.17) is 21.1 Å². The van der Waals surface area contributed by atoms with E-state index in [1.54, 1.807) is 6.92 Å². The first-order valence-electron chi connectivity index (χ1n) is 10.1. The molecular formula is C19H25ClFN5O4S. The third kappa shape index (κ3) is 5.72.